The standard InChI is InChI=1S/C18H17NO7S/c1-26-16-10-14-12(9-15(16)20)5-6-19(18(14)23)27(24,25)13-4-2-3-11(7-13)8-17(21)22/h2-4,7,9-10,20H,5-6,8H2,1H3,(H,21,22). The van der Waals surface area contributed by atoms with Crippen molar-refractivity contribution in [3.05, 3.63) is 53.1 Å². The molecule has 0 aromatic heterocycles. The van der Waals surface area contributed by atoms with Gasteiger partial charge in [-0.25, -0.2) is 12.7 Å². The number of rotatable bonds is 5. The molecule has 9 heteroatoms. The number of methoxy groups -OCH3 is 1. The van der Waals surface area contributed by atoms with Crippen molar-refractivity contribution in [2.24, 2.45) is 0 Å². The molecule has 0 atom stereocenters. The molecule has 2 N–H and O–H groups in total. The zero-order valence-corrected chi connectivity index (χ0v) is 15.2. The van der Waals surface area contributed by atoms with Crippen molar-refractivity contribution in [1.82, 2.24) is 4.31 Å². The second-order valence-corrected chi connectivity index (χ2v) is 7.89. The van der Waals surface area contributed by atoms with E-state index in [2.05, 4.69) is 0 Å². The van der Waals surface area contributed by atoms with Crippen LogP contribution in [0.15, 0.2) is 41.3 Å². The zero-order valence-electron chi connectivity index (χ0n) is 14.4. The van der Waals surface area contributed by atoms with Gasteiger partial charge in [0.1, 0.15) is 0 Å². The van der Waals surface area contributed by atoms with Crippen LogP contribution >= 0.6 is 0 Å². The Morgan fingerprint density at radius 3 is 2.67 bits per heavy atom. The van der Waals surface area contributed by atoms with Crippen LogP contribution in [-0.4, -0.2) is 48.5 Å². The number of phenolic OH excluding ortho intramolecular Hbond substituents is 1. The largest absolute Gasteiger partial charge is 0.504 e. The Hall–Kier alpha value is -3.07. The lowest BCUT2D eigenvalue weighted by Crippen LogP contribution is -2.42. The van der Waals surface area contributed by atoms with Crippen LogP contribution in [0.2, 0.25) is 0 Å². The summed E-state index contributed by atoms with van der Waals surface area (Å²) < 4.78 is 31.6. The molecule has 3 rings (SSSR count). The smallest absolute Gasteiger partial charge is 0.307 e. The Kier molecular flexibility index (Phi) is 4.79. The fourth-order valence-electron chi connectivity index (χ4n) is 2.99. The molecule has 0 spiro atoms. The minimum absolute atomic E-state index is 0.0739. The number of aromatic hydroxyl groups is 1. The number of ether oxygens (including phenoxy) is 1. The molecule has 0 fully saturated rings. The zero-order chi connectivity index (χ0) is 19.8. The first-order valence-corrected chi connectivity index (χ1v) is 9.45. The molecule has 1 amide bonds. The number of carbonyl (C=O) groups excluding carboxylic acids is 1. The number of phenols is 1. The summed E-state index contributed by atoms with van der Waals surface area (Å²) in [4.78, 5) is 23.5. The number of fused-ring (bicyclic) bond motifs is 1. The molecule has 142 valence electrons. The van der Waals surface area contributed by atoms with E-state index in [1.165, 1.54) is 43.5 Å². The minimum atomic E-state index is -4.15. The highest BCUT2D eigenvalue weighted by atomic mass is 32.2. The van der Waals surface area contributed by atoms with E-state index in [1.54, 1.807) is 0 Å². The molecule has 0 radical (unpaired) electrons. The summed E-state index contributed by atoms with van der Waals surface area (Å²) in [6.45, 7) is -0.0803. The number of hydrogen-bond donors (Lipinski definition) is 2. The van der Waals surface area contributed by atoms with Gasteiger partial charge in [0.05, 0.1) is 18.4 Å². The Bertz CT molecular complexity index is 1030. The van der Waals surface area contributed by atoms with E-state index in [-0.39, 0.29) is 41.3 Å². The van der Waals surface area contributed by atoms with E-state index in [1.807, 2.05) is 0 Å². The molecule has 2 aromatic carbocycles. The second kappa shape index (κ2) is 6.92. The quantitative estimate of drug-likeness (QED) is 0.790. The normalized spacial score (nSPS) is 14.0. The van der Waals surface area contributed by atoms with Crippen LogP contribution in [0.5, 0.6) is 11.5 Å². The van der Waals surface area contributed by atoms with Crippen LogP contribution < -0.4 is 4.74 Å². The van der Waals surface area contributed by atoms with Gasteiger partial charge in [-0.1, -0.05) is 12.1 Å². The summed E-state index contributed by atoms with van der Waals surface area (Å²) in [5.41, 5.74) is 0.991. The highest BCUT2D eigenvalue weighted by Crippen LogP contribution is 2.34. The van der Waals surface area contributed by atoms with Gasteiger partial charge in [0.2, 0.25) is 0 Å². The maximum absolute atomic E-state index is 12.9. The van der Waals surface area contributed by atoms with Crippen LogP contribution in [0.25, 0.3) is 0 Å². The van der Waals surface area contributed by atoms with E-state index in [4.69, 9.17) is 9.84 Å². The van der Waals surface area contributed by atoms with Crippen LogP contribution in [0.4, 0.5) is 0 Å². The summed E-state index contributed by atoms with van der Waals surface area (Å²) in [6.07, 6.45) is -0.0801. The number of hydrogen-bond acceptors (Lipinski definition) is 6. The molecule has 0 bridgehead atoms. The average molecular weight is 391 g/mol. The van der Waals surface area contributed by atoms with Gasteiger partial charge in [-0.05, 0) is 41.8 Å². The first kappa shape index (κ1) is 18.7. The lowest BCUT2D eigenvalue weighted by atomic mass is 9.99. The van der Waals surface area contributed by atoms with Gasteiger partial charge in [-0.15, -0.1) is 0 Å². The Morgan fingerprint density at radius 1 is 1.26 bits per heavy atom. The summed E-state index contributed by atoms with van der Waals surface area (Å²) in [5.74, 6) is -1.86. The molecule has 27 heavy (non-hydrogen) atoms. The van der Waals surface area contributed by atoms with E-state index in [0.29, 0.717) is 11.1 Å². The Morgan fingerprint density at radius 2 is 2.00 bits per heavy atom. The molecule has 0 saturated heterocycles. The van der Waals surface area contributed by atoms with Crippen molar-refractivity contribution in [1.29, 1.82) is 0 Å². The summed E-state index contributed by atoms with van der Waals surface area (Å²) in [7, 11) is -2.82. The third-order valence-corrected chi connectivity index (χ3v) is 6.07. The first-order valence-electron chi connectivity index (χ1n) is 8.01. The van der Waals surface area contributed by atoms with Crippen molar-refractivity contribution in [3.63, 3.8) is 0 Å². The molecule has 0 unspecified atom stereocenters. The van der Waals surface area contributed by atoms with E-state index >= 15 is 0 Å². The number of sulfonamides is 1. The first-order chi connectivity index (χ1) is 12.7. The molecular formula is C18H17NO7S. The molecule has 2 aromatic rings. The second-order valence-electron chi connectivity index (χ2n) is 6.03. The van der Waals surface area contributed by atoms with Crippen molar-refractivity contribution in [2.75, 3.05) is 13.7 Å². The number of carbonyl (C=O) groups is 2. The van der Waals surface area contributed by atoms with Crippen molar-refractivity contribution < 1.29 is 33.0 Å². The average Bonchev–Trinajstić information content (AvgIpc) is 2.61. The third-order valence-electron chi connectivity index (χ3n) is 4.29. The van der Waals surface area contributed by atoms with E-state index in [0.717, 1.165) is 4.31 Å². The predicted molar refractivity (Wildman–Crippen MR) is 94.4 cm³/mol. The lowest BCUT2D eigenvalue weighted by Gasteiger charge is -2.28. The monoisotopic (exact) mass is 391 g/mol. The number of carboxylic acids is 1. The fraction of sp³-hybridized carbons (Fsp3) is 0.222. The van der Waals surface area contributed by atoms with E-state index in [9.17, 15) is 23.1 Å². The maximum Gasteiger partial charge on any atom is 0.307 e. The number of carboxylic acid groups (broad SMARTS) is 1. The number of aliphatic carboxylic acids is 1. The molecule has 0 aliphatic carbocycles. The van der Waals surface area contributed by atoms with Gasteiger partial charge >= 0.3 is 5.97 Å². The number of benzene rings is 2. The van der Waals surface area contributed by atoms with Crippen LogP contribution in [0.1, 0.15) is 21.5 Å². The summed E-state index contributed by atoms with van der Waals surface area (Å²) in [6, 6.07) is 8.23. The van der Waals surface area contributed by atoms with Gasteiger partial charge in [-0.2, -0.15) is 0 Å². The van der Waals surface area contributed by atoms with Crippen molar-refractivity contribution in [2.45, 2.75) is 17.7 Å². The van der Waals surface area contributed by atoms with Gasteiger partial charge in [0, 0.05) is 12.1 Å². The van der Waals surface area contributed by atoms with Crippen LogP contribution in [-0.2, 0) is 27.7 Å². The molecule has 1 aliphatic rings. The minimum Gasteiger partial charge on any atom is -0.504 e. The van der Waals surface area contributed by atoms with Crippen LogP contribution in [0.3, 0.4) is 0 Å². The highest BCUT2D eigenvalue weighted by molar-refractivity contribution is 7.89. The summed E-state index contributed by atoms with van der Waals surface area (Å²) in [5, 5.41) is 18.7. The molecule has 8 nitrogen and oxygen atoms in total. The van der Waals surface area contributed by atoms with Crippen molar-refractivity contribution in [3.8, 4) is 11.5 Å². The van der Waals surface area contributed by atoms with E-state index < -0.39 is 21.9 Å². The number of amides is 1. The fourth-order valence-corrected chi connectivity index (χ4v) is 4.44. The third kappa shape index (κ3) is 3.45. The molecule has 1 heterocycles. The highest BCUT2D eigenvalue weighted by Gasteiger charge is 2.35. The predicted octanol–water partition coefficient (Wildman–Crippen LogP) is 1.42. The topological polar surface area (TPSA) is 121 Å². The molecular weight excluding hydrogens is 374 g/mol. The lowest BCUT2D eigenvalue weighted by molar-refractivity contribution is -0.136. The van der Waals surface area contributed by atoms with Gasteiger partial charge in [0.15, 0.2) is 11.5 Å². The maximum atomic E-state index is 12.9. The van der Waals surface area contributed by atoms with Crippen LogP contribution in [0, 0.1) is 0 Å². The Labute approximate surface area is 155 Å². The number of nitrogens with zero attached hydrogens (tertiary/aromatic N) is 1. The molecule has 1 aliphatic heterocycles. The van der Waals surface area contributed by atoms with Crippen molar-refractivity contribution >= 4 is 21.9 Å². The summed E-state index contributed by atoms with van der Waals surface area (Å²) >= 11 is 0. The van der Waals surface area contributed by atoms with Gasteiger partial charge in [-0.3, -0.25) is 9.59 Å². The van der Waals surface area contributed by atoms with Gasteiger partial charge < -0.3 is 14.9 Å². The molecule has 0 saturated carbocycles. The Balaban J connectivity index is 1.99. The SMILES string of the molecule is COc1cc2c(cc1O)CCN(S(=O)(=O)c1cccc(CC(=O)O)c1)C2=O. The van der Waals surface area contributed by atoms with Gasteiger partial charge in [0.25, 0.3) is 15.9 Å².